The van der Waals surface area contributed by atoms with Gasteiger partial charge >= 0.3 is 0 Å². The fourth-order valence-electron chi connectivity index (χ4n) is 3.83. The highest BCUT2D eigenvalue weighted by atomic mass is 16.2. The molecule has 0 bridgehead atoms. The number of aryl methyl sites for hydroxylation is 3. The van der Waals surface area contributed by atoms with Crippen molar-refractivity contribution in [2.45, 2.75) is 46.0 Å². The van der Waals surface area contributed by atoms with Crippen LogP contribution in [0, 0.1) is 19.8 Å². The van der Waals surface area contributed by atoms with Crippen LogP contribution in [0.2, 0.25) is 0 Å². The lowest BCUT2D eigenvalue weighted by atomic mass is 9.91. The molecule has 26 heavy (non-hydrogen) atoms. The summed E-state index contributed by atoms with van der Waals surface area (Å²) in [6, 6.07) is 10.6. The molecule has 0 unspecified atom stereocenters. The van der Waals surface area contributed by atoms with Gasteiger partial charge in [-0.3, -0.25) is 4.79 Å². The Labute approximate surface area is 155 Å². The summed E-state index contributed by atoms with van der Waals surface area (Å²) in [7, 11) is 0. The standard InChI is InChI=1S/C21H28N4O/c1-15-19(16(2)24-21(22)23-15)13-20(26)25-12-6-9-18(14-25)11-10-17-7-4-3-5-8-17/h3-5,7-8,18H,6,9-14H2,1-2H3,(H2,22,23,24)/t18-/m0/s1. The van der Waals surface area contributed by atoms with Crippen LogP contribution in [0.5, 0.6) is 0 Å². The first-order valence-corrected chi connectivity index (χ1v) is 9.44. The van der Waals surface area contributed by atoms with E-state index in [4.69, 9.17) is 5.73 Å². The van der Waals surface area contributed by atoms with Crippen molar-refractivity contribution < 1.29 is 4.79 Å². The second-order valence-corrected chi connectivity index (χ2v) is 7.28. The number of anilines is 1. The smallest absolute Gasteiger partial charge is 0.227 e. The fraction of sp³-hybridized carbons (Fsp3) is 0.476. The second-order valence-electron chi connectivity index (χ2n) is 7.28. The Morgan fingerprint density at radius 1 is 1.19 bits per heavy atom. The van der Waals surface area contributed by atoms with Gasteiger partial charge in [-0.1, -0.05) is 30.3 Å². The number of aromatic nitrogens is 2. The number of nitrogen functional groups attached to an aromatic ring is 1. The van der Waals surface area contributed by atoms with Crippen molar-refractivity contribution >= 4 is 11.9 Å². The zero-order valence-electron chi connectivity index (χ0n) is 15.7. The summed E-state index contributed by atoms with van der Waals surface area (Å²) >= 11 is 0. The average Bonchev–Trinajstić information content (AvgIpc) is 2.64. The Kier molecular flexibility index (Phi) is 5.86. The van der Waals surface area contributed by atoms with Crippen LogP contribution in [0.3, 0.4) is 0 Å². The second kappa shape index (κ2) is 8.30. The SMILES string of the molecule is Cc1nc(N)nc(C)c1CC(=O)N1CCC[C@@H](CCc2ccccc2)C1. The van der Waals surface area contributed by atoms with E-state index in [9.17, 15) is 4.79 Å². The molecule has 1 saturated heterocycles. The summed E-state index contributed by atoms with van der Waals surface area (Å²) < 4.78 is 0. The Hall–Kier alpha value is -2.43. The number of carbonyl (C=O) groups excluding carboxylic acids is 1. The van der Waals surface area contributed by atoms with E-state index in [1.807, 2.05) is 18.7 Å². The first-order valence-electron chi connectivity index (χ1n) is 9.44. The highest BCUT2D eigenvalue weighted by molar-refractivity contribution is 5.79. The number of piperidine rings is 1. The van der Waals surface area contributed by atoms with Crippen LogP contribution in [0.4, 0.5) is 5.95 Å². The van der Waals surface area contributed by atoms with Crippen LogP contribution in [0.15, 0.2) is 30.3 Å². The van der Waals surface area contributed by atoms with E-state index in [1.165, 1.54) is 12.0 Å². The fourth-order valence-corrected chi connectivity index (χ4v) is 3.83. The van der Waals surface area contributed by atoms with Gasteiger partial charge in [0.05, 0.1) is 6.42 Å². The van der Waals surface area contributed by atoms with Crippen molar-refractivity contribution in [3.8, 4) is 0 Å². The van der Waals surface area contributed by atoms with E-state index in [0.29, 0.717) is 12.3 Å². The summed E-state index contributed by atoms with van der Waals surface area (Å²) in [5, 5.41) is 0. The van der Waals surface area contributed by atoms with E-state index in [0.717, 1.165) is 49.3 Å². The average molecular weight is 352 g/mol. The summed E-state index contributed by atoms with van der Waals surface area (Å²) in [6.45, 7) is 5.51. The summed E-state index contributed by atoms with van der Waals surface area (Å²) in [5.41, 5.74) is 9.59. The van der Waals surface area contributed by atoms with Gasteiger partial charge < -0.3 is 10.6 Å². The lowest BCUT2D eigenvalue weighted by Crippen LogP contribution is -2.41. The Morgan fingerprint density at radius 3 is 2.58 bits per heavy atom. The molecule has 2 heterocycles. The van der Waals surface area contributed by atoms with Gasteiger partial charge in [0.2, 0.25) is 11.9 Å². The maximum Gasteiger partial charge on any atom is 0.227 e. The number of hydrogen-bond donors (Lipinski definition) is 1. The van der Waals surface area contributed by atoms with E-state index >= 15 is 0 Å². The summed E-state index contributed by atoms with van der Waals surface area (Å²) in [5.74, 6) is 1.03. The molecule has 1 aromatic heterocycles. The van der Waals surface area contributed by atoms with Crippen LogP contribution in [0.25, 0.3) is 0 Å². The first kappa shape index (κ1) is 18.4. The third-order valence-corrected chi connectivity index (χ3v) is 5.32. The van der Waals surface area contributed by atoms with Gasteiger partial charge in [-0.05, 0) is 51.0 Å². The number of rotatable bonds is 5. The third-order valence-electron chi connectivity index (χ3n) is 5.32. The number of nitrogens with zero attached hydrogens (tertiary/aromatic N) is 3. The van der Waals surface area contributed by atoms with E-state index in [1.54, 1.807) is 0 Å². The molecule has 0 spiro atoms. The van der Waals surface area contributed by atoms with Gasteiger partial charge in [-0.25, -0.2) is 9.97 Å². The monoisotopic (exact) mass is 352 g/mol. The Bertz CT molecular complexity index is 737. The lowest BCUT2D eigenvalue weighted by molar-refractivity contribution is -0.132. The van der Waals surface area contributed by atoms with E-state index < -0.39 is 0 Å². The van der Waals surface area contributed by atoms with Gasteiger partial charge in [0, 0.05) is 30.0 Å². The molecule has 5 nitrogen and oxygen atoms in total. The van der Waals surface area contributed by atoms with E-state index in [2.05, 4.69) is 40.3 Å². The van der Waals surface area contributed by atoms with Gasteiger partial charge in [-0.15, -0.1) is 0 Å². The van der Waals surface area contributed by atoms with Crippen LogP contribution >= 0.6 is 0 Å². The van der Waals surface area contributed by atoms with Crippen LogP contribution in [-0.4, -0.2) is 33.9 Å². The van der Waals surface area contributed by atoms with Crippen molar-refractivity contribution in [2.75, 3.05) is 18.8 Å². The topological polar surface area (TPSA) is 72.1 Å². The molecule has 2 aromatic rings. The van der Waals surface area contributed by atoms with Crippen LogP contribution in [-0.2, 0) is 17.6 Å². The number of nitrogens with two attached hydrogens (primary N) is 1. The molecular formula is C21H28N4O. The quantitative estimate of drug-likeness (QED) is 0.897. The lowest BCUT2D eigenvalue weighted by Gasteiger charge is -2.33. The van der Waals surface area contributed by atoms with E-state index in [-0.39, 0.29) is 11.9 Å². The predicted octanol–water partition coefficient (Wildman–Crippen LogP) is 3.09. The largest absolute Gasteiger partial charge is 0.368 e. The summed E-state index contributed by atoms with van der Waals surface area (Å²) in [4.78, 5) is 23.3. The molecule has 1 aliphatic heterocycles. The van der Waals surface area contributed by atoms with Gasteiger partial charge in [0.1, 0.15) is 0 Å². The minimum Gasteiger partial charge on any atom is -0.368 e. The molecule has 1 aliphatic rings. The molecule has 2 N–H and O–H groups in total. The highest BCUT2D eigenvalue weighted by Gasteiger charge is 2.24. The molecule has 0 radical (unpaired) electrons. The normalized spacial score (nSPS) is 17.3. The Morgan fingerprint density at radius 2 is 1.88 bits per heavy atom. The number of hydrogen-bond acceptors (Lipinski definition) is 4. The van der Waals surface area contributed by atoms with Crippen molar-refractivity contribution in [3.63, 3.8) is 0 Å². The molecule has 1 aromatic carbocycles. The van der Waals surface area contributed by atoms with Gasteiger partial charge in [0.15, 0.2) is 0 Å². The summed E-state index contributed by atoms with van der Waals surface area (Å²) in [6.07, 6.45) is 4.87. The maximum absolute atomic E-state index is 12.8. The molecule has 3 rings (SSSR count). The Balaban J connectivity index is 1.58. The molecule has 138 valence electrons. The zero-order chi connectivity index (χ0) is 18.5. The molecule has 0 saturated carbocycles. The molecular weight excluding hydrogens is 324 g/mol. The minimum absolute atomic E-state index is 0.175. The molecule has 1 amide bonds. The van der Waals surface area contributed by atoms with Crippen molar-refractivity contribution in [1.29, 1.82) is 0 Å². The zero-order valence-corrected chi connectivity index (χ0v) is 15.7. The molecule has 1 fully saturated rings. The number of amides is 1. The highest BCUT2D eigenvalue weighted by Crippen LogP contribution is 2.23. The predicted molar refractivity (Wildman–Crippen MR) is 104 cm³/mol. The maximum atomic E-state index is 12.8. The van der Waals surface area contributed by atoms with Gasteiger partial charge in [0.25, 0.3) is 0 Å². The number of benzene rings is 1. The van der Waals surface area contributed by atoms with Gasteiger partial charge in [-0.2, -0.15) is 0 Å². The molecule has 5 heteroatoms. The van der Waals surface area contributed by atoms with Crippen molar-refractivity contribution in [2.24, 2.45) is 5.92 Å². The first-order chi connectivity index (χ1) is 12.5. The number of likely N-dealkylation sites (tertiary alicyclic amines) is 1. The molecule has 1 atom stereocenters. The molecule has 0 aliphatic carbocycles. The minimum atomic E-state index is 0.175. The van der Waals surface area contributed by atoms with Crippen molar-refractivity contribution in [3.05, 3.63) is 52.8 Å². The van der Waals surface area contributed by atoms with Crippen LogP contribution < -0.4 is 5.73 Å². The van der Waals surface area contributed by atoms with Crippen molar-refractivity contribution in [1.82, 2.24) is 14.9 Å². The van der Waals surface area contributed by atoms with Crippen LogP contribution in [0.1, 0.15) is 41.8 Å². The number of carbonyl (C=O) groups is 1. The third kappa shape index (κ3) is 4.59.